The zero-order valence-corrected chi connectivity index (χ0v) is 35.5. The van der Waals surface area contributed by atoms with Gasteiger partial charge in [0.05, 0.1) is 5.41 Å². The molecule has 1 spiro atoms. The Morgan fingerprint density at radius 1 is 0.300 bits per heavy atom. The minimum Gasteiger partial charge on any atom is -0.310 e. The molecular weight excluding hydrogens is 839 g/mol. The van der Waals surface area contributed by atoms with Crippen LogP contribution in [0.1, 0.15) is 22.3 Å². The molecule has 0 atom stereocenters. The van der Waals surface area contributed by atoms with Gasteiger partial charge in [-0.2, -0.15) is 0 Å². The maximum atomic E-state index is 6.57. The lowest BCUT2D eigenvalue weighted by molar-refractivity contribution is 0.793. The van der Waals surface area contributed by atoms with Crippen LogP contribution in [0.2, 0.25) is 10.0 Å². The molecule has 5 heteroatoms. The number of para-hydroxylation sites is 2. The standard InChI is InChI=1S/C49H33ClN2.C6H4BrCl/c50-34-15-13-20-37(31-34)51(35-16-3-1-4-17-35)38-21-14-22-39(32-38)52(36-18-5-2-6-19-36)40-29-30-44-43-25-9-12-28-47(43)49(48(44)33-40)45-26-10-7-23-41(45)42-24-8-11-27-46(42)49;7-5-2-1-3-6(8)4-5/h1-33H;1-4H. The Kier molecular flexibility index (Phi) is 10.1. The quantitative estimate of drug-likeness (QED) is 0.164. The smallest absolute Gasteiger partial charge is 0.0726 e. The van der Waals surface area contributed by atoms with E-state index < -0.39 is 5.41 Å². The second kappa shape index (κ2) is 16.0. The predicted octanol–water partition coefficient (Wildman–Crippen LogP) is 16.7. The molecule has 11 rings (SSSR count). The van der Waals surface area contributed by atoms with Crippen molar-refractivity contribution in [1.82, 2.24) is 0 Å². The number of fused-ring (bicyclic) bond motifs is 10. The monoisotopic (exact) mass is 874 g/mol. The van der Waals surface area contributed by atoms with Crippen LogP contribution in [0.3, 0.4) is 0 Å². The number of rotatable bonds is 6. The molecule has 0 unspecified atom stereocenters. The van der Waals surface area contributed by atoms with Gasteiger partial charge in [0.2, 0.25) is 0 Å². The summed E-state index contributed by atoms with van der Waals surface area (Å²) in [6.45, 7) is 0. The lowest BCUT2D eigenvalue weighted by atomic mass is 9.70. The van der Waals surface area contributed by atoms with Gasteiger partial charge in [0.1, 0.15) is 0 Å². The van der Waals surface area contributed by atoms with Crippen molar-refractivity contribution in [3.05, 3.63) is 261 Å². The van der Waals surface area contributed by atoms with Gasteiger partial charge in [0.25, 0.3) is 0 Å². The van der Waals surface area contributed by atoms with Gasteiger partial charge in [-0.05, 0) is 136 Å². The number of halogens is 3. The molecule has 288 valence electrons. The first kappa shape index (κ1) is 37.9. The van der Waals surface area contributed by atoms with Crippen molar-refractivity contribution in [2.75, 3.05) is 9.80 Å². The van der Waals surface area contributed by atoms with E-state index in [-0.39, 0.29) is 0 Å². The zero-order chi connectivity index (χ0) is 40.6. The van der Waals surface area contributed by atoms with Gasteiger partial charge in [-0.25, -0.2) is 0 Å². The van der Waals surface area contributed by atoms with Crippen LogP contribution in [-0.4, -0.2) is 0 Å². The molecule has 2 nitrogen and oxygen atoms in total. The van der Waals surface area contributed by atoms with Crippen LogP contribution in [-0.2, 0) is 5.41 Å². The summed E-state index contributed by atoms with van der Waals surface area (Å²) in [6, 6.07) is 79.5. The van der Waals surface area contributed by atoms with Crippen molar-refractivity contribution < 1.29 is 0 Å². The second-order valence-corrected chi connectivity index (χ2v) is 16.7. The molecule has 9 aromatic rings. The Labute approximate surface area is 369 Å². The first-order valence-electron chi connectivity index (χ1n) is 19.9. The van der Waals surface area contributed by atoms with Gasteiger partial charge in [-0.1, -0.05) is 173 Å². The predicted molar refractivity (Wildman–Crippen MR) is 256 cm³/mol. The van der Waals surface area contributed by atoms with E-state index in [1.54, 1.807) is 0 Å². The molecule has 0 fully saturated rings. The van der Waals surface area contributed by atoms with Crippen LogP contribution in [0.4, 0.5) is 34.1 Å². The van der Waals surface area contributed by atoms with Crippen molar-refractivity contribution in [3.63, 3.8) is 0 Å². The first-order chi connectivity index (χ1) is 29.5. The Morgan fingerprint density at radius 2 is 0.683 bits per heavy atom. The Balaban J connectivity index is 0.000000488. The van der Waals surface area contributed by atoms with Gasteiger partial charge in [-0.3, -0.25) is 0 Å². The summed E-state index contributed by atoms with van der Waals surface area (Å²) in [5, 5.41) is 1.46. The van der Waals surface area contributed by atoms with E-state index in [9.17, 15) is 0 Å². The molecule has 2 aliphatic rings. The highest BCUT2D eigenvalue weighted by Gasteiger charge is 2.51. The molecule has 0 N–H and O–H groups in total. The molecule has 0 bridgehead atoms. The van der Waals surface area contributed by atoms with E-state index >= 15 is 0 Å². The van der Waals surface area contributed by atoms with E-state index in [4.69, 9.17) is 23.2 Å². The molecule has 0 saturated carbocycles. The molecule has 0 saturated heterocycles. The molecule has 9 aromatic carbocycles. The van der Waals surface area contributed by atoms with Crippen LogP contribution in [0.15, 0.2) is 229 Å². The Morgan fingerprint density at radius 3 is 1.15 bits per heavy atom. The normalized spacial score (nSPS) is 12.4. The second-order valence-electron chi connectivity index (χ2n) is 14.9. The number of benzene rings is 9. The summed E-state index contributed by atoms with van der Waals surface area (Å²) < 4.78 is 1.02. The molecule has 0 heterocycles. The minimum absolute atomic E-state index is 0.421. The molecule has 0 aromatic heterocycles. The Hall–Kier alpha value is -6.36. The third-order valence-corrected chi connectivity index (χ3v) is 12.4. The molecule has 2 aliphatic carbocycles. The van der Waals surface area contributed by atoms with Gasteiger partial charge in [0, 0.05) is 48.6 Å². The number of hydrogen-bond acceptors (Lipinski definition) is 2. The van der Waals surface area contributed by atoms with Crippen LogP contribution >= 0.6 is 39.1 Å². The van der Waals surface area contributed by atoms with E-state index in [2.05, 4.69) is 202 Å². The highest BCUT2D eigenvalue weighted by atomic mass is 79.9. The maximum Gasteiger partial charge on any atom is 0.0726 e. The molecular formula is C55H37BrCl2N2. The van der Waals surface area contributed by atoms with Gasteiger partial charge in [0.15, 0.2) is 0 Å². The van der Waals surface area contributed by atoms with Crippen molar-refractivity contribution in [3.8, 4) is 22.3 Å². The van der Waals surface area contributed by atoms with E-state index in [0.717, 1.165) is 43.6 Å². The summed E-state index contributed by atoms with van der Waals surface area (Å²) in [5.41, 5.74) is 16.4. The summed E-state index contributed by atoms with van der Waals surface area (Å²) >= 11 is 15.5. The fourth-order valence-electron chi connectivity index (χ4n) is 9.12. The summed E-state index contributed by atoms with van der Waals surface area (Å²) in [7, 11) is 0. The van der Waals surface area contributed by atoms with Gasteiger partial charge >= 0.3 is 0 Å². The average molecular weight is 877 g/mol. The van der Waals surface area contributed by atoms with Crippen LogP contribution in [0.25, 0.3) is 22.3 Å². The molecule has 0 amide bonds. The van der Waals surface area contributed by atoms with Crippen molar-refractivity contribution in [2.24, 2.45) is 0 Å². The average Bonchev–Trinajstić information content (AvgIpc) is 3.75. The SMILES string of the molecule is Clc1cccc(Br)c1.Clc1cccc(N(c2ccccc2)c2cccc(N(c3ccccc3)c3ccc4c(c3)C3(c5ccccc5-c5ccccc53)c3ccccc3-4)c2)c1. The zero-order valence-electron chi connectivity index (χ0n) is 32.4. The fraction of sp³-hybridized carbons (Fsp3) is 0.0182. The fourth-order valence-corrected chi connectivity index (χ4v) is 10.0. The third kappa shape index (κ3) is 6.60. The van der Waals surface area contributed by atoms with Gasteiger partial charge in [-0.15, -0.1) is 0 Å². The van der Waals surface area contributed by atoms with Crippen molar-refractivity contribution in [2.45, 2.75) is 5.41 Å². The van der Waals surface area contributed by atoms with Crippen LogP contribution in [0.5, 0.6) is 0 Å². The van der Waals surface area contributed by atoms with Crippen LogP contribution < -0.4 is 9.80 Å². The van der Waals surface area contributed by atoms with Gasteiger partial charge < -0.3 is 9.80 Å². The highest BCUT2D eigenvalue weighted by molar-refractivity contribution is 9.10. The molecule has 60 heavy (non-hydrogen) atoms. The topological polar surface area (TPSA) is 6.48 Å². The Bertz CT molecular complexity index is 2920. The minimum atomic E-state index is -0.421. The summed E-state index contributed by atoms with van der Waals surface area (Å²) in [4.78, 5) is 4.65. The summed E-state index contributed by atoms with van der Waals surface area (Å²) in [6.07, 6.45) is 0. The largest absolute Gasteiger partial charge is 0.310 e. The van der Waals surface area contributed by atoms with E-state index in [1.807, 2.05) is 48.5 Å². The lowest BCUT2D eigenvalue weighted by Crippen LogP contribution is -2.26. The summed E-state index contributed by atoms with van der Waals surface area (Å²) in [5.74, 6) is 0. The van der Waals surface area contributed by atoms with Crippen molar-refractivity contribution in [1.29, 1.82) is 0 Å². The third-order valence-electron chi connectivity index (χ3n) is 11.5. The van der Waals surface area contributed by atoms with E-state index in [1.165, 1.54) is 44.5 Å². The molecule has 0 aliphatic heterocycles. The number of anilines is 6. The maximum absolute atomic E-state index is 6.57. The highest BCUT2D eigenvalue weighted by Crippen LogP contribution is 2.63. The van der Waals surface area contributed by atoms with Crippen LogP contribution in [0, 0.1) is 0 Å². The van der Waals surface area contributed by atoms with E-state index in [0.29, 0.717) is 5.02 Å². The van der Waals surface area contributed by atoms with Crippen molar-refractivity contribution >= 4 is 73.3 Å². The lowest BCUT2D eigenvalue weighted by Gasteiger charge is -2.32. The molecule has 0 radical (unpaired) electrons. The number of nitrogens with zero attached hydrogens (tertiary/aromatic N) is 2. The number of hydrogen-bond donors (Lipinski definition) is 0. The first-order valence-corrected chi connectivity index (χ1v) is 21.5.